The van der Waals surface area contributed by atoms with Crippen LogP contribution in [0, 0.1) is 0 Å². The van der Waals surface area contributed by atoms with Gasteiger partial charge >= 0.3 is 0 Å². The Kier molecular flexibility index (Phi) is 6.82. The van der Waals surface area contributed by atoms with Gasteiger partial charge < -0.3 is 16.0 Å². The number of hydrogen-bond donors (Lipinski definition) is 3. The Morgan fingerprint density at radius 1 is 0.500 bits per heavy atom. The van der Waals surface area contributed by atoms with E-state index >= 15 is 0 Å². The van der Waals surface area contributed by atoms with Crippen LogP contribution in [0.4, 0.5) is 0 Å². The number of dihydropyridines is 3. The summed E-state index contributed by atoms with van der Waals surface area (Å²) in [7, 11) is 0. The molecule has 7 aromatic rings. The largest absolute Gasteiger partial charge is 0.387 e. The zero-order valence-corrected chi connectivity index (χ0v) is 30.7. The molecule has 0 bridgehead atoms. The Morgan fingerprint density at radius 3 is 1.61 bits per heavy atom. The highest BCUT2D eigenvalue weighted by molar-refractivity contribution is 6.20. The van der Waals surface area contributed by atoms with Gasteiger partial charge in [-0.3, -0.25) is 0 Å². The number of allylic oxidation sites excluding steroid dienone is 5. The predicted octanol–water partition coefficient (Wildman–Crippen LogP) is 11.9. The molecule has 1 atom stereocenters. The van der Waals surface area contributed by atoms with Crippen LogP contribution in [0.3, 0.4) is 0 Å². The smallest absolute Gasteiger partial charge is 0.0687 e. The number of hydrogen-bond acceptors (Lipinski definition) is 3. The van der Waals surface area contributed by atoms with Crippen LogP contribution in [0.25, 0.3) is 93.9 Å². The van der Waals surface area contributed by atoms with Gasteiger partial charge in [0.25, 0.3) is 0 Å². The standard InChI is InChI=1S/C53H37N3/c1-3-13-42-40(11-1)46-17-5-15-44-38(19-21-48(42)52(44)46)36-25-34(35-28-50(32-9-7-23-54-30-32)56-51(29-35)33-10-8-24-55-31-33)26-37(27-36)39-20-22-49-43-14-4-2-12-41(43)47-18-6-16-45(39)53(47)49/h1-23,25-29,31,50,54-56H,24,30H2. The molecule has 0 fully saturated rings. The first kappa shape index (κ1) is 31.3. The lowest BCUT2D eigenvalue weighted by Crippen LogP contribution is -2.36. The number of fused-ring (bicyclic) bond motifs is 6. The molecule has 7 aromatic carbocycles. The molecule has 3 N–H and O–H groups in total. The molecule has 0 radical (unpaired) electrons. The lowest BCUT2D eigenvalue weighted by Gasteiger charge is -2.29. The van der Waals surface area contributed by atoms with Gasteiger partial charge in [0, 0.05) is 30.6 Å². The molecular formula is C53H37N3. The van der Waals surface area contributed by atoms with Gasteiger partial charge in [0.2, 0.25) is 0 Å². The lowest BCUT2D eigenvalue weighted by molar-refractivity contribution is 0.711. The van der Waals surface area contributed by atoms with Crippen molar-refractivity contribution in [1.82, 2.24) is 16.0 Å². The molecule has 56 heavy (non-hydrogen) atoms. The molecule has 0 spiro atoms. The van der Waals surface area contributed by atoms with Crippen molar-refractivity contribution in [1.29, 1.82) is 0 Å². The highest BCUT2D eigenvalue weighted by atomic mass is 15.0. The summed E-state index contributed by atoms with van der Waals surface area (Å²) in [4.78, 5) is 0. The van der Waals surface area contributed by atoms with E-state index in [4.69, 9.17) is 0 Å². The van der Waals surface area contributed by atoms with Crippen LogP contribution in [-0.4, -0.2) is 19.1 Å². The van der Waals surface area contributed by atoms with Gasteiger partial charge in [-0.25, -0.2) is 0 Å². The minimum absolute atomic E-state index is 0.0383. The molecule has 3 heterocycles. The van der Waals surface area contributed by atoms with Gasteiger partial charge in [-0.15, -0.1) is 0 Å². The van der Waals surface area contributed by atoms with Crippen LogP contribution in [-0.2, 0) is 0 Å². The summed E-state index contributed by atoms with van der Waals surface area (Å²) in [5.74, 6) is 0. The van der Waals surface area contributed by atoms with Crippen LogP contribution in [0.2, 0.25) is 0 Å². The van der Waals surface area contributed by atoms with Crippen LogP contribution >= 0.6 is 0 Å². The fourth-order valence-electron chi connectivity index (χ4n) is 9.73. The molecule has 0 aromatic heterocycles. The van der Waals surface area contributed by atoms with Crippen molar-refractivity contribution < 1.29 is 0 Å². The molecule has 0 saturated heterocycles. The molecule has 3 heteroatoms. The topological polar surface area (TPSA) is 36.1 Å². The third-order valence-corrected chi connectivity index (χ3v) is 12.3. The summed E-state index contributed by atoms with van der Waals surface area (Å²) in [6.07, 6.45) is 17.7. The van der Waals surface area contributed by atoms with Gasteiger partial charge in [-0.05, 0) is 142 Å². The van der Waals surface area contributed by atoms with E-state index in [1.165, 1.54) is 105 Å². The van der Waals surface area contributed by atoms with Crippen molar-refractivity contribution in [3.05, 3.63) is 199 Å². The van der Waals surface area contributed by atoms with E-state index in [9.17, 15) is 0 Å². The molecule has 2 aliphatic carbocycles. The highest BCUT2D eigenvalue weighted by Crippen LogP contribution is 2.51. The summed E-state index contributed by atoms with van der Waals surface area (Å²) in [6, 6.07) is 48.0. The Morgan fingerprint density at radius 2 is 1.05 bits per heavy atom. The normalized spacial score (nSPS) is 17.0. The van der Waals surface area contributed by atoms with Gasteiger partial charge in [-0.1, -0.05) is 133 Å². The van der Waals surface area contributed by atoms with Crippen molar-refractivity contribution >= 4 is 27.1 Å². The SMILES string of the molecule is C1=CNCC(C2C=C(c3cc(-c4ccc5c6c(cccc46)-c4ccccc4-5)cc(-c4ccc5c6c(cccc46)-c4ccccc4-5)c3)C=C(C3=CNCC=C3)N2)=C1. The first-order valence-electron chi connectivity index (χ1n) is 19.6. The van der Waals surface area contributed by atoms with Crippen LogP contribution in [0.15, 0.2) is 193 Å². The molecule has 3 aliphatic heterocycles. The van der Waals surface area contributed by atoms with Crippen LogP contribution in [0.5, 0.6) is 0 Å². The summed E-state index contributed by atoms with van der Waals surface area (Å²) < 4.78 is 0. The van der Waals surface area contributed by atoms with E-state index in [2.05, 4.69) is 186 Å². The summed E-state index contributed by atoms with van der Waals surface area (Å²) in [5.41, 5.74) is 21.5. The highest BCUT2D eigenvalue weighted by Gasteiger charge is 2.26. The van der Waals surface area contributed by atoms with Crippen molar-refractivity contribution in [2.24, 2.45) is 0 Å². The molecule has 0 amide bonds. The second-order valence-electron chi connectivity index (χ2n) is 15.4. The van der Waals surface area contributed by atoms with Gasteiger partial charge in [-0.2, -0.15) is 0 Å². The monoisotopic (exact) mass is 715 g/mol. The Labute approximate surface area is 326 Å². The minimum atomic E-state index is 0.0383. The van der Waals surface area contributed by atoms with E-state index in [0.29, 0.717) is 0 Å². The van der Waals surface area contributed by atoms with E-state index in [-0.39, 0.29) is 6.04 Å². The van der Waals surface area contributed by atoms with E-state index < -0.39 is 0 Å². The van der Waals surface area contributed by atoms with E-state index in [1.807, 2.05) is 6.20 Å². The Hall–Kier alpha value is -7.10. The van der Waals surface area contributed by atoms with Crippen molar-refractivity contribution in [2.45, 2.75) is 6.04 Å². The second kappa shape index (κ2) is 12.2. The van der Waals surface area contributed by atoms with Gasteiger partial charge in [0.15, 0.2) is 0 Å². The summed E-state index contributed by atoms with van der Waals surface area (Å²) in [6.45, 7) is 1.64. The third kappa shape index (κ3) is 4.71. The summed E-state index contributed by atoms with van der Waals surface area (Å²) in [5, 5.41) is 16.0. The van der Waals surface area contributed by atoms with Crippen LogP contribution in [0.1, 0.15) is 5.56 Å². The van der Waals surface area contributed by atoms with E-state index in [1.54, 1.807) is 0 Å². The number of rotatable bonds is 5. The van der Waals surface area contributed by atoms with E-state index in [0.717, 1.165) is 24.4 Å². The Bertz CT molecular complexity index is 2840. The summed E-state index contributed by atoms with van der Waals surface area (Å²) >= 11 is 0. The second-order valence-corrected chi connectivity index (χ2v) is 15.4. The first-order valence-corrected chi connectivity index (χ1v) is 19.6. The number of benzene rings is 7. The zero-order chi connectivity index (χ0) is 36.7. The quantitative estimate of drug-likeness (QED) is 0.166. The van der Waals surface area contributed by atoms with Crippen molar-refractivity contribution in [3.8, 4) is 66.8 Å². The average molecular weight is 716 g/mol. The molecule has 12 rings (SSSR count). The molecule has 5 aliphatic rings. The first-order chi connectivity index (χ1) is 27.8. The van der Waals surface area contributed by atoms with Crippen LogP contribution < -0.4 is 16.0 Å². The third-order valence-electron chi connectivity index (χ3n) is 12.3. The average Bonchev–Trinajstić information content (AvgIpc) is 3.78. The maximum Gasteiger partial charge on any atom is 0.0687 e. The molecular weight excluding hydrogens is 679 g/mol. The maximum absolute atomic E-state index is 3.87. The van der Waals surface area contributed by atoms with Crippen molar-refractivity contribution in [2.75, 3.05) is 13.1 Å². The van der Waals surface area contributed by atoms with Gasteiger partial charge in [0.1, 0.15) is 0 Å². The maximum atomic E-state index is 3.87. The number of nitrogens with one attached hydrogen (secondary N) is 3. The molecule has 1 unspecified atom stereocenters. The molecule has 0 saturated carbocycles. The molecule has 3 nitrogen and oxygen atoms in total. The van der Waals surface area contributed by atoms with Crippen molar-refractivity contribution in [3.63, 3.8) is 0 Å². The molecule has 264 valence electrons. The Balaban J connectivity index is 1.10. The fourth-order valence-corrected chi connectivity index (χ4v) is 9.73. The minimum Gasteiger partial charge on any atom is -0.387 e. The zero-order valence-electron chi connectivity index (χ0n) is 30.7. The van der Waals surface area contributed by atoms with Gasteiger partial charge in [0.05, 0.1) is 6.04 Å². The fraction of sp³-hybridized carbons (Fsp3) is 0.0566. The lowest BCUT2D eigenvalue weighted by atomic mass is 9.86. The predicted molar refractivity (Wildman–Crippen MR) is 235 cm³/mol.